The lowest BCUT2D eigenvalue weighted by Gasteiger charge is -2.34. The number of hydrogen-bond donors (Lipinski definition) is 0. The van der Waals surface area contributed by atoms with Crippen LogP contribution in [0.25, 0.3) is 0 Å². The molecule has 0 aromatic carbocycles. The highest BCUT2D eigenvalue weighted by atomic mass is 16.6. The van der Waals surface area contributed by atoms with E-state index in [9.17, 15) is 4.79 Å². The Kier molecular flexibility index (Phi) is 2.43. The van der Waals surface area contributed by atoms with Crippen molar-refractivity contribution in [2.24, 2.45) is 5.92 Å². The highest BCUT2D eigenvalue weighted by Gasteiger charge is 2.46. The second kappa shape index (κ2) is 3.78. The van der Waals surface area contributed by atoms with Crippen molar-refractivity contribution in [3.8, 4) is 0 Å². The molecule has 0 N–H and O–H groups in total. The van der Waals surface area contributed by atoms with Crippen molar-refractivity contribution in [1.82, 2.24) is 4.90 Å². The molecule has 0 aromatic heterocycles. The largest absolute Gasteiger partial charge is 0.462 e. The number of hydrogen-bond acceptors (Lipinski definition) is 3. The van der Waals surface area contributed by atoms with Gasteiger partial charge in [-0.2, -0.15) is 0 Å². The van der Waals surface area contributed by atoms with Gasteiger partial charge in [0, 0.05) is 12.0 Å². The van der Waals surface area contributed by atoms with Gasteiger partial charge in [-0.3, -0.25) is 9.69 Å². The van der Waals surface area contributed by atoms with Gasteiger partial charge in [-0.05, 0) is 38.8 Å². The highest BCUT2D eigenvalue weighted by molar-refractivity contribution is 5.72. The van der Waals surface area contributed by atoms with Gasteiger partial charge in [0.1, 0.15) is 6.10 Å². The zero-order valence-electron chi connectivity index (χ0n) is 9.15. The molecule has 2 saturated heterocycles. The third-order valence-electron chi connectivity index (χ3n) is 4.26. The summed E-state index contributed by atoms with van der Waals surface area (Å²) in [6.07, 6.45) is 7.31. The van der Waals surface area contributed by atoms with E-state index in [0.29, 0.717) is 18.4 Å². The van der Waals surface area contributed by atoms with E-state index in [2.05, 4.69) is 4.90 Å². The molecule has 2 aliphatic heterocycles. The Bertz CT molecular complexity index is 260. The second-order valence-electron chi connectivity index (χ2n) is 5.14. The summed E-state index contributed by atoms with van der Waals surface area (Å²) in [5, 5.41) is 0. The molecule has 0 amide bonds. The average Bonchev–Trinajstić information content (AvgIpc) is 2.77. The number of esters is 1. The number of carbonyl (C=O) groups is 1. The van der Waals surface area contributed by atoms with Crippen LogP contribution in [-0.4, -0.2) is 36.1 Å². The van der Waals surface area contributed by atoms with E-state index in [1.54, 1.807) is 0 Å². The lowest BCUT2D eigenvalue weighted by atomic mass is 9.96. The van der Waals surface area contributed by atoms with Crippen LogP contribution in [0.4, 0.5) is 0 Å². The van der Waals surface area contributed by atoms with Crippen LogP contribution in [0.3, 0.4) is 0 Å². The van der Waals surface area contributed by atoms with Gasteiger partial charge in [0.25, 0.3) is 0 Å². The van der Waals surface area contributed by atoms with Crippen LogP contribution in [0.5, 0.6) is 0 Å². The van der Waals surface area contributed by atoms with Crippen LogP contribution >= 0.6 is 0 Å². The van der Waals surface area contributed by atoms with Crippen molar-refractivity contribution >= 4 is 5.97 Å². The van der Waals surface area contributed by atoms with Crippen LogP contribution in [0.2, 0.25) is 0 Å². The Morgan fingerprint density at radius 2 is 1.93 bits per heavy atom. The van der Waals surface area contributed by atoms with E-state index >= 15 is 0 Å². The van der Waals surface area contributed by atoms with Crippen LogP contribution < -0.4 is 0 Å². The minimum absolute atomic E-state index is 0.0340. The number of carbonyl (C=O) groups excluding carboxylic acids is 1. The summed E-state index contributed by atoms with van der Waals surface area (Å²) in [5.41, 5.74) is 0. The van der Waals surface area contributed by atoms with E-state index in [0.717, 1.165) is 6.42 Å². The Morgan fingerprint density at radius 1 is 1.13 bits per heavy atom. The van der Waals surface area contributed by atoms with Crippen LogP contribution in [0.1, 0.15) is 38.5 Å². The summed E-state index contributed by atoms with van der Waals surface area (Å²) in [7, 11) is 0. The fraction of sp³-hybridized carbons (Fsp3) is 0.917. The Morgan fingerprint density at radius 3 is 2.73 bits per heavy atom. The molecular weight excluding hydrogens is 190 g/mol. The van der Waals surface area contributed by atoms with Crippen LogP contribution in [-0.2, 0) is 9.53 Å². The number of ether oxygens (including phenoxy) is 1. The van der Waals surface area contributed by atoms with E-state index in [1.165, 1.54) is 38.8 Å². The second-order valence-corrected chi connectivity index (χ2v) is 5.14. The monoisotopic (exact) mass is 209 g/mol. The molecule has 2 heterocycles. The highest BCUT2D eigenvalue weighted by Crippen LogP contribution is 2.40. The average molecular weight is 209 g/mol. The predicted octanol–water partition coefficient (Wildman–Crippen LogP) is 1.57. The third kappa shape index (κ3) is 1.67. The molecule has 0 radical (unpaired) electrons. The van der Waals surface area contributed by atoms with Gasteiger partial charge in [0.2, 0.25) is 0 Å². The molecule has 1 aliphatic carbocycles. The lowest BCUT2D eigenvalue weighted by molar-refractivity contribution is -0.141. The smallest absolute Gasteiger partial charge is 0.306 e. The van der Waals surface area contributed by atoms with Crippen LogP contribution in [0, 0.1) is 5.92 Å². The topological polar surface area (TPSA) is 29.5 Å². The standard InChI is InChI=1S/C12H19NO2/c14-12-8-9-10(4-5-11(9)15-12)13-6-2-1-3-7-13/h9-11H,1-8H2/t9-,10+,11+/m0/s1. The van der Waals surface area contributed by atoms with Gasteiger partial charge < -0.3 is 4.74 Å². The van der Waals surface area contributed by atoms with Crippen LogP contribution in [0.15, 0.2) is 0 Å². The molecule has 15 heavy (non-hydrogen) atoms. The molecule has 0 bridgehead atoms. The van der Waals surface area contributed by atoms with Crippen molar-refractivity contribution in [3.63, 3.8) is 0 Å². The van der Waals surface area contributed by atoms with E-state index in [-0.39, 0.29) is 12.1 Å². The normalized spacial score (nSPS) is 41.6. The molecule has 1 saturated carbocycles. The van der Waals surface area contributed by atoms with Gasteiger partial charge in [0.15, 0.2) is 0 Å². The van der Waals surface area contributed by atoms with E-state index in [1.807, 2.05) is 0 Å². The first kappa shape index (κ1) is 9.64. The van der Waals surface area contributed by atoms with Gasteiger partial charge in [-0.15, -0.1) is 0 Å². The van der Waals surface area contributed by atoms with Gasteiger partial charge in [0.05, 0.1) is 6.42 Å². The fourth-order valence-corrected chi connectivity index (χ4v) is 3.54. The molecule has 0 unspecified atom stereocenters. The summed E-state index contributed by atoms with van der Waals surface area (Å²) >= 11 is 0. The number of rotatable bonds is 1. The number of fused-ring (bicyclic) bond motifs is 1. The zero-order valence-corrected chi connectivity index (χ0v) is 9.15. The maximum absolute atomic E-state index is 11.2. The van der Waals surface area contributed by atoms with Gasteiger partial charge in [-0.25, -0.2) is 0 Å². The van der Waals surface area contributed by atoms with Crippen molar-refractivity contribution < 1.29 is 9.53 Å². The summed E-state index contributed by atoms with van der Waals surface area (Å²) < 4.78 is 5.34. The Balaban J connectivity index is 1.68. The number of nitrogens with zero attached hydrogens (tertiary/aromatic N) is 1. The van der Waals surface area contributed by atoms with Crippen molar-refractivity contribution in [1.29, 1.82) is 0 Å². The first-order valence-corrected chi connectivity index (χ1v) is 6.28. The predicted molar refractivity (Wildman–Crippen MR) is 56.4 cm³/mol. The third-order valence-corrected chi connectivity index (χ3v) is 4.26. The zero-order chi connectivity index (χ0) is 10.3. The number of likely N-dealkylation sites (tertiary alicyclic amines) is 1. The molecule has 3 fully saturated rings. The molecular formula is C12H19NO2. The van der Waals surface area contributed by atoms with Crippen molar-refractivity contribution in [2.45, 2.75) is 50.7 Å². The molecule has 0 spiro atoms. The molecule has 3 rings (SSSR count). The fourth-order valence-electron chi connectivity index (χ4n) is 3.54. The Hall–Kier alpha value is -0.570. The Labute approximate surface area is 90.8 Å². The summed E-state index contributed by atoms with van der Waals surface area (Å²) in [6, 6.07) is 0.641. The minimum Gasteiger partial charge on any atom is -0.462 e. The maximum Gasteiger partial charge on any atom is 0.306 e. The molecule has 3 nitrogen and oxygen atoms in total. The summed E-state index contributed by atoms with van der Waals surface area (Å²) in [5.74, 6) is 0.544. The quantitative estimate of drug-likeness (QED) is 0.614. The molecule has 3 aliphatic rings. The number of piperidine rings is 1. The lowest BCUT2D eigenvalue weighted by Crippen LogP contribution is -2.42. The maximum atomic E-state index is 11.2. The molecule has 0 aromatic rings. The molecule has 84 valence electrons. The van der Waals surface area contributed by atoms with Gasteiger partial charge >= 0.3 is 5.97 Å². The van der Waals surface area contributed by atoms with Crippen molar-refractivity contribution in [2.75, 3.05) is 13.1 Å². The first-order chi connectivity index (χ1) is 7.34. The SMILES string of the molecule is O=C1C[C@H]2[C@H](N3CCCCC3)CC[C@H]2O1. The van der Waals surface area contributed by atoms with Crippen molar-refractivity contribution in [3.05, 3.63) is 0 Å². The van der Waals surface area contributed by atoms with E-state index < -0.39 is 0 Å². The minimum atomic E-state index is 0.0340. The summed E-state index contributed by atoms with van der Waals surface area (Å²) in [4.78, 5) is 13.9. The summed E-state index contributed by atoms with van der Waals surface area (Å²) in [6.45, 7) is 2.48. The first-order valence-electron chi connectivity index (χ1n) is 6.28. The van der Waals surface area contributed by atoms with Gasteiger partial charge in [-0.1, -0.05) is 6.42 Å². The van der Waals surface area contributed by atoms with E-state index in [4.69, 9.17) is 4.74 Å². The molecule has 3 atom stereocenters. The molecule has 3 heteroatoms.